The number of nitrogens with two attached hydrogens (primary N) is 2. The van der Waals surface area contributed by atoms with E-state index < -0.39 is 29.7 Å². The van der Waals surface area contributed by atoms with Gasteiger partial charge in [0, 0.05) is 36.4 Å². The number of anilines is 1. The molecule has 1 saturated heterocycles. The number of nitrogens with one attached hydrogen (secondary N) is 3. The first-order chi connectivity index (χ1) is 16.6. The molecule has 2 aromatic rings. The van der Waals surface area contributed by atoms with Crippen LogP contribution < -0.4 is 22.1 Å². The van der Waals surface area contributed by atoms with Gasteiger partial charge in [0.05, 0.1) is 12.0 Å². The zero-order valence-corrected chi connectivity index (χ0v) is 19.0. The van der Waals surface area contributed by atoms with Gasteiger partial charge in [-0.25, -0.2) is 0 Å². The number of nitrogens with zero attached hydrogens (tertiary/aromatic N) is 1. The first-order valence-electron chi connectivity index (χ1n) is 11.0. The van der Waals surface area contributed by atoms with Crippen molar-refractivity contribution in [3.8, 4) is 0 Å². The number of carboxylic acids is 1. The fourth-order valence-corrected chi connectivity index (χ4v) is 4.24. The van der Waals surface area contributed by atoms with Crippen LogP contribution in [0.5, 0.6) is 0 Å². The lowest BCUT2D eigenvalue weighted by atomic mass is 9.80. The summed E-state index contributed by atoms with van der Waals surface area (Å²) in [5.74, 6) is -3.16. The van der Waals surface area contributed by atoms with E-state index in [1.165, 1.54) is 4.90 Å². The number of piperazine rings is 1. The third-order valence-electron chi connectivity index (χ3n) is 5.98. The van der Waals surface area contributed by atoms with Gasteiger partial charge in [0.25, 0.3) is 5.91 Å². The molecule has 0 aromatic heterocycles. The molecule has 3 rings (SSSR count). The summed E-state index contributed by atoms with van der Waals surface area (Å²) in [7, 11) is 0. The maximum atomic E-state index is 12.8. The number of hydrogen-bond donors (Lipinski definition) is 6. The van der Waals surface area contributed by atoms with Crippen LogP contribution in [0.4, 0.5) is 5.69 Å². The molecule has 11 heteroatoms. The van der Waals surface area contributed by atoms with Crippen molar-refractivity contribution < 1.29 is 24.3 Å². The average molecular weight is 481 g/mol. The third kappa shape index (κ3) is 5.75. The summed E-state index contributed by atoms with van der Waals surface area (Å²) in [5.41, 5.74) is 11.8. The lowest BCUT2D eigenvalue weighted by Crippen LogP contribution is -2.60. The van der Waals surface area contributed by atoms with E-state index in [2.05, 4.69) is 10.6 Å². The molecule has 1 unspecified atom stereocenters. The normalized spacial score (nSPS) is 15.1. The number of carbonyl (C=O) groups excluding carboxylic acids is 3. The van der Waals surface area contributed by atoms with Crippen molar-refractivity contribution in [2.45, 2.75) is 24.8 Å². The van der Waals surface area contributed by atoms with Crippen LogP contribution in [-0.2, 0) is 19.9 Å². The number of amidine groups is 1. The SMILES string of the molecule is N=C(N)c1ccc(C(=O)NCCCC(CC(=O)O)(c2ccc(N)cc2)N2CCNC(=O)C2=O)cc1. The monoisotopic (exact) mass is 480 g/mol. The zero-order chi connectivity index (χ0) is 25.6. The number of aliphatic carboxylic acids is 1. The molecule has 1 atom stereocenters. The Morgan fingerprint density at radius 1 is 1.09 bits per heavy atom. The molecule has 0 saturated carbocycles. The van der Waals surface area contributed by atoms with E-state index in [-0.39, 0.29) is 37.8 Å². The van der Waals surface area contributed by atoms with Crippen molar-refractivity contribution >= 4 is 35.2 Å². The highest BCUT2D eigenvalue weighted by Crippen LogP contribution is 2.38. The first kappa shape index (κ1) is 25.2. The number of benzene rings is 2. The second-order valence-electron chi connectivity index (χ2n) is 8.29. The van der Waals surface area contributed by atoms with Gasteiger partial charge in [0.1, 0.15) is 5.84 Å². The van der Waals surface area contributed by atoms with Crippen molar-refractivity contribution in [1.29, 1.82) is 5.41 Å². The van der Waals surface area contributed by atoms with Crippen LogP contribution in [0.2, 0.25) is 0 Å². The Labute approximate surface area is 202 Å². The van der Waals surface area contributed by atoms with Gasteiger partial charge in [-0.3, -0.25) is 24.6 Å². The molecular weight excluding hydrogens is 452 g/mol. The van der Waals surface area contributed by atoms with Gasteiger partial charge in [-0.2, -0.15) is 0 Å². The van der Waals surface area contributed by atoms with Crippen molar-refractivity contribution in [2.75, 3.05) is 25.4 Å². The standard InChI is InChI=1S/C24H28N6O5/c25-18-8-6-17(7-9-18)24(14-19(31)32,30-13-12-29-22(34)23(30)35)10-1-11-28-21(33)16-4-2-15(3-5-16)20(26)27/h2-9H,1,10-14,25H2,(H3,26,27)(H,28,33)(H,29,34)(H,31,32). The maximum absolute atomic E-state index is 12.8. The number of carboxylic acid groups (broad SMARTS) is 1. The molecule has 0 aliphatic carbocycles. The molecule has 1 aliphatic heterocycles. The molecule has 11 nitrogen and oxygen atoms in total. The number of amides is 3. The largest absolute Gasteiger partial charge is 0.481 e. The highest BCUT2D eigenvalue weighted by atomic mass is 16.4. The molecule has 184 valence electrons. The van der Waals surface area contributed by atoms with E-state index in [1.54, 1.807) is 48.5 Å². The minimum absolute atomic E-state index is 0.102. The molecule has 8 N–H and O–H groups in total. The fourth-order valence-electron chi connectivity index (χ4n) is 4.24. The molecular formula is C24H28N6O5. The average Bonchev–Trinajstić information content (AvgIpc) is 2.83. The maximum Gasteiger partial charge on any atom is 0.312 e. The van der Waals surface area contributed by atoms with Gasteiger partial charge in [-0.05, 0) is 42.7 Å². The summed E-state index contributed by atoms with van der Waals surface area (Å²) in [5, 5.41) is 22.4. The zero-order valence-electron chi connectivity index (χ0n) is 19.0. The van der Waals surface area contributed by atoms with E-state index in [9.17, 15) is 24.3 Å². The van der Waals surface area contributed by atoms with E-state index in [1.807, 2.05) is 0 Å². The Bertz CT molecular complexity index is 1130. The number of rotatable bonds is 10. The lowest BCUT2D eigenvalue weighted by molar-refractivity contribution is -0.157. The van der Waals surface area contributed by atoms with Crippen LogP contribution in [0.15, 0.2) is 48.5 Å². The Kier molecular flexibility index (Phi) is 7.69. The number of carbonyl (C=O) groups is 4. The molecule has 1 aliphatic rings. The predicted octanol–water partition coefficient (Wildman–Crippen LogP) is 0.391. The molecule has 35 heavy (non-hydrogen) atoms. The van der Waals surface area contributed by atoms with Gasteiger partial charge >= 0.3 is 17.8 Å². The first-order valence-corrected chi connectivity index (χ1v) is 11.0. The smallest absolute Gasteiger partial charge is 0.312 e. The van der Waals surface area contributed by atoms with Crippen LogP contribution in [0.3, 0.4) is 0 Å². The Hall–Kier alpha value is -4.41. The van der Waals surface area contributed by atoms with E-state index in [0.717, 1.165) is 0 Å². The molecule has 3 amide bonds. The van der Waals surface area contributed by atoms with Gasteiger partial charge in [0.2, 0.25) is 0 Å². The van der Waals surface area contributed by atoms with E-state index >= 15 is 0 Å². The lowest BCUT2D eigenvalue weighted by Gasteiger charge is -2.45. The van der Waals surface area contributed by atoms with Gasteiger partial charge < -0.3 is 32.1 Å². The third-order valence-corrected chi connectivity index (χ3v) is 5.98. The predicted molar refractivity (Wildman–Crippen MR) is 129 cm³/mol. The summed E-state index contributed by atoms with van der Waals surface area (Å²) in [4.78, 5) is 50.7. The number of hydrogen-bond acceptors (Lipinski definition) is 6. The molecule has 1 fully saturated rings. The van der Waals surface area contributed by atoms with Crippen LogP contribution in [0.1, 0.15) is 40.7 Å². The quantitative estimate of drug-likeness (QED) is 0.0931. The highest BCUT2D eigenvalue weighted by Gasteiger charge is 2.45. The van der Waals surface area contributed by atoms with Crippen molar-refractivity contribution in [1.82, 2.24) is 15.5 Å². The van der Waals surface area contributed by atoms with Gasteiger partial charge in [-0.15, -0.1) is 0 Å². The van der Waals surface area contributed by atoms with Gasteiger partial charge in [0.15, 0.2) is 0 Å². The molecule has 0 bridgehead atoms. The molecule has 1 heterocycles. The number of nitrogen functional groups attached to an aromatic ring is 2. The Morgan fingerprint density at radius 2 is 1.71 bits per heavy atom. The molecule has 0 spiro atoms. The van der Waals surface area contributed by atoms with E-state index in [0.29, 0.717) is 28.8 Å². The summed E-state index contributed by atoms with van der Waals surface area (Å²) < 4.78 is 0. The Balaban J connectivity index is 1.80. The highest BCUT2D eigenvalue weighted by molar-refractivity contribution is 6.35. The summed E-state index contributed by atoms with van der Waals surface area (Å²) >= 11 is 0. The van der Waals surface area contributed by atoms with Crippen LogP contribution in [-0.4, -0.2) is 59.2 Å². The van der Waals surface area contributed by atoms with Crippen molar-refractivity contribution in [2.24, 2.45) is 5.73 Å². The molecule has 2 aromatic carbocycles. The summed E-state index contributed by atoms with van der Waals surface area (Å²) in [6.07, 6.45) is 0.0997. The Morgan fingerprint density at radius 3 is 2.31 bits per heavy atom. The van der Waals surface area contributed by atoms with Crippen LogP contribution >= 0.6 is 0 Å². The summed E-state index contributed by atoms with van der Waals surface area (Å²) in [6.45, 7) is 0.558. The van der Waals surface area contributed by atoms with Crippen LogP contribution in [0, 0.1) is 5.41 Å². The second kappa shape index (κ2) is 10.7. The molecule has 0 radical (unpaired) electrons. The minimum Gasteiger partial charge on any atom is -0.481 e. The fraction of sp³-hybridized carbons (Fsp3) is 0.292. The van der Waals surface area contributed by atoms with Crippen LogP contribution in [0.25, 0.3) is 0 Å². The second-order valence-corrected chi connectivity index (χ2v) is 8.29. The summed E-state index contributed by atoms with van der Waals surface area (Å²) in [6, 6.07) is 12.8. The van der Waals surface area contributed by atoms with E-state index in [4.69, 9.17) is 16.9 Å². The topological polar surface area (TPSA) is 192 Å². The van der Waals surface area contributed by atoms with Gasteiger partial charge in [-0.1, -0.05) is 24.3 Å². The van der Waals surface area contributed by atoms with Crippen molar-refractivity contribution in [3.63, 3.8) is 0 Å². The van der Waals surface area contributed by atoms with Crippen molar-refractivity contribution in [3.05, 3.63) is 65.2 Å². The minimum atomic E-state index is -1.30.